The number of hydrogen-bond acceptors (Lipinski definition) is 6. The Labute approximate surface area is 200 Å². The average molecular weight is 489 g/mol. The summed E-state index contributed by atoms with van der Waals surface area (Å²) < 4.78 is 40.4. The number of para-hydroxylation sites is 2. The minimum absolute atomic E-state index is 0.0794. The molecule has 4 rings (SSSR count). The Kier molecular flexibility index (Phi) is 7.79. The van der Waals surface area contributed by atoms with E-state index in [9.17, 15) is 13.2 Å². The van der Waals surface area contributed by atoms with Crippen LogP contribution in [-0.2, 0) is 14.8 Å². The van der Waals surface area contributed by atoms with E-state index in [0.717, 1.165) is 25.7 Å². The predicted molar refractivity (Wildman–Crippen MR) is 132 cm³/mol. The van der Waals surface area contributed by atoms with E-state index in [1.54, 1.807) is 36.4 Å². The third-order valence-electron chi connectivity index (χ3n) is 6.15. The van der Waals surface area contributed by atoms with Crippen LogP contribution in [-0.4, -0.2) is 53.9 Å². The molecule has 10 heteroatoms. The van der Waals surface area contributed by atoms with Crippen molar-refractivity contribution in [2.45, 2.75) is 43.0 Å². The summed E-state index contributed by atoms with van der Waals surface area (Å²) in [5, 5.41) is 5.81. The van der Waals surface area contributed by atoms with Gasteiger partial charge in [0.15, 0.2) is 0 Å². The molecule has 0 spiro atoms. The number of urea groups is 1. The molecule has 2 aliphatic rings. The van der Waals surface area contributed by atoms with Gasteiger partial charge >= 0.3 is 6.03 Å². The highest BCUT2D eigenvalue weighted by atomic mass is 32.2. The Balaban J connectivity index is 1.61. The molecule has 9 nitrogen and oxygen atoms in total. The Morgan fingerprint density at radius 1 is 1.06 bits per heavy atom. The zero-order chi connectivity index (χ0) is 24.0. The van der Waals surface area contributed by atoms with Gasteiger partial charge in [-0.15, -0.1) is 0 Å². The largest absolute Gasteiger partial charge is 0.495 e. The summed E-state index contributed by atoms with van der Waals surface area (Å²) in [5.41, 5.74) is 1.31. The minimum Gasteiger partial charge on any atom is -0.495 e. The summed E-state index contributed by atoms with van der Waals surface area (Å²) in [6, 6.07) is 11.6. The summed E-state index contributed by atoms with van der Waals surface area (Å²) >= 11 is 0. The first-order chi connectivity index (χ1) is 16.5. The first-order valence-electron chi connectivity index (χ1n) is 11.7. The molecule has 0 radical (unpaired) electrons. The molecule has 2 amide bonds. The van der Waals surface area contributed by atoms with E-state index >= 15 is 0 Å². The van der Waals surface area contributed by atoms with Gasteiger partial charge < -0.3 is 25.0 Å². The lowest BCUT2D eigenvalue weighted by Gasteiger charge is -2.30. The molecule has 2 aromatic rings. The molecule has 0 unspecified atom stereocenters. The highest BCUT2D eigenvalue weighted by Gasteiger charge is 2.25. The number of nitrogens with zero attached hydrogens (tertiary/aromatic N) is 1. The van der Waals surface area contributed by atoms with E-state index < -0.39 is 10.0 Å². The van der Waals surface area contributed by atoms with Crippen LogP contribution in [0.2, 0.25) is 0 Å². The number of benzene rings is 2. The maximum Gasteiger partial charge on any atom is 0.319 e. The highest BCUT2D eigenvalue weighted by molar-refractivity contribution is 7.93. The Morgan fingerprint density at radius 3 is 2.53 bits per heavy atom. The monoisotopic (exact) mass is 488 g/mol. The van der Waals surface area contributed by atoms with Crippen LogP contribution in [0.1, 0.15) is 32.1 Å². The molecule has 0 bridgehead atoms. The van der Waals surface area contributed by atoms with E-state index in [1.165, 1.54) is 19.6 Å². The van der Waals surface area contributed by atoms with Crippen molar-refractivity contribution in [1.82, 2.24) is 5.32 Å². The van der Waals surface area contributed by atoms with Gasteiger partial charge in [0.1, 0.15) is 10.6 Å². The van der Waals surface area contributed by atoms with Crippen LogP contribution < -0.4 is 25.0 Å². The molecular weight excluding hydrogens is 456 g/mol. The van der Waals surface area contributed by atoms with Crippen molar-refractivity contribution >= 4 is 33.1 Å². The van der Waals surface area contributed by atoms with Gasteiger partial charge in [0, 0.05) is 24.8 Å². The number of rotatable bonds is 7. The number of hydrogen-bond donors (Lipinski definition) is 3. The minimum atomic E-state index is -4.00. The van der Waals surface area contributed by atoms with Gasteiger partial charge in [0.25, 0.3) is 10.0 Å². The molecule has 1 saturated heterocycles. The first kappa shape index (κ1) is 24.2. The van der Waals surface area contributed by atoms with Crippen LogP contribution in [0.25, 0.3) is 0 Å². The summed E-state index contributed by atoms with van der Waals surface area (Å²) in [7, 11) is -2.51. The molecule has 1 aliphatic heterocycles. The van der Waals surface area contributed by atoms with Crippen LogP contribution in [0.15, 0.2) is 47.4 Å². The smallest absolute Gasteiger partial charge is 0.319 e. The van der Waals surface area contributed by atoms with Crippen molar-refractivity contribution in [3.63, 3.8) is 0 Å². The predicted octanol–water partition coefficient (Wildman–Crippen LogP) is 3.79. The van der Waals surface area contributed by atoms with Gasteiger partial charge in [-0.25, -0.2) is 13.2 Å². The summed E-state index contributed by atoms with van der Waals surface area (Å²) in [6.07, 6.45) is 5.34. The molecule has 2 aromatic carbocycles. The van der Waals surface area contributed by atoms with Crippen molar-refractivity contribution in [2.24, 2.45) is 0 Å². The van der Waals surface area contributed by atoms with E-state index in [-0.39, 0.29) is 17.0 Å². The van der Waals surface area contributed by atoms with E-state index in [4.69, 9.17) is 9.47 Å². The third kappa shape index (κ3) is 5.92. The van der Waals surface area contributed by atoms with E-state index in [0.29, 0.717) is 49.1 Å². The van der Waals surface area contributed by atoms with Gasteiger partial charge in [-0.05, 0) is 43.2 Å². The van der Waals surface area contributed by atoms with Crippen LogP contribution in [0.5, 0.6) is 5.75 Å². The fraction of sp³-hybridized carbons (Fsp3) is 0.458. The number of carbonyl (C=O) groups excluding carboxylic acids is 1. The van der Waals surface area contributed by atoms with Gasteiger partial charge in [-0.2, -0.15) is 0 Å². The normalized spacial score (nSPS) is 17.1. The number of nitrogens with one attached hydrogen (secondary N) is 3. The van der Waals surface area contributed by atoms with Crippen molar-refractivity contribution in [2.75, 3.05) is 48.4 Å². The molecule has 1 saturated carbocycles. The maximum atomic E-state index is 13.5. The Hall–Kier alpha value is -2.98. The lowest BCUT2D eigenvalue weighted by atomic mass is 9.96. The molecule has 2 fully saturated rings. The molecule has 184 valence electrons. The number of methoxy groups -OCH3 is 1. The van der Waals surface area contributed by atoms with Gasteiger partial charge in [-0.3, -0.25) is 4.72 Å². The summed E-state index contributed by atoms with van der Waals surface area (Å²) in [5.74, 6) is 0.417. The second-order valence-corrected chi connectivity index (χ2v) is 10.2. The molecule has 3 N–H and O–H groups in total. The van der Waals surface area contributed by atoms with Gasteiger partial charge in [0.05, 0.1) is 31.7 Å². The maximum absolute atomic E-state index is 13.5. The van der Waals surface area contributed by atoms with Crippen molar-refractivity contribution < 1.29 is 22.7 Å². The van der Waals surface area contributed by atoms with Crippen LogP contribution >= 0.6 is 0 Å². The molecule has 0 aromatic heterocycles. The van der Waals surface area contributed by atoms with Crippen LogP contribution in [0.4, 0.5) is 21.9 Å². The third-order valence-corrected chi connectivity index (χ3v) is 7.55. The number of carbonyl (C=O) groups is 1. The molecule has 1 aliphatic carbocycles. The van der Waals surface area contributed by atoms with E-state index in [1.807, 2.05) is 4.90 Å². The molecule has 1 heterocycles. The number of amides is 2. The fourth-order valence-electron chi connectivity index (χ4n) is 4.40. The van der Waals surface area contributed by atoms with Crippen LogP contribution in [0.3, 0.4) is 0 Å². The standard InChI is InChI=1S/C24H32N4O5S/c1-32-22-10-6-5-9-20(22)27-34(30,31)23-17-19(11-12-21(23)28-13-15-33-16-14-28)26-24(29)25-18-7-3-2-4-8-18/h5-6,9-12,17-18,27H,2-4,7-8,13-16H2,1H3,(H2,25,26,29). The number of sulfonamides is 1. The Bertz CT molecular complexity index is 1100. The first-order valence-corrected chi connectivity index (χ1v) is 13.1. The zero-order valence-electron chi connectivity index (χ0n) is 19.4. The van der Waals surface area contributed by atoms with Gasteiger partial charge in [-0.1, -0.05) is 31.4 Å². The zero-order valence-corrected chi connectivity index (χ0v) is 20.2. The number of morpholine rings is 1. The second-order valence-electron chi connectivity index (χ2n) is 8.52. The topological polar surface area (TPSA) is 109 Å². The van der Waals surface area contributed by atoms with E-state index in [2.05, 4.69) is 15.4 Å². The van der Waals surface area contributed by atoms with Gasteiger partial charge in [0.2, 0.25) is 0 Å². The summed E-state index contributed by atoms with van der Waals surface area (Å²) in [4.78, 5) is 14.6. The number of anilines is 3. The quantitative estimate of drug-likeness (QED) is 0.547. The Morgan fingerprint density at radius 2 is 1.79 bits per heavy atom. The lowest BCUT2D eigenvalue weighted by Crippen LogP contribution is -2.39. The second kappa shape index (κ2) is 11.0. The SMILES string of the molecule is COc1ccccc1NS(=O)(=O)c1cc(NC(=O)NC2CCCCC2)ccc1N1CCOCC1. The lowest BCUT2D eigenvalue weighted by molar-refractivity contribution is 0.122. The highest BCUT2D eigenvalue weighted by Crippen LogP contribution is 2.33. The summed E-state index contributed by atoms with van der Waals surface area (Å²) in [6.45, 7) is 2.19. The van der Waals surface area contributed by atoms with Crippen LogP contribution in [0, 0.1) is 0 Å². The van der Waals surface area contributed by atoms with Crippen molar-refractivity contribution in [3.05, 3.63) is 42.5 Å². The molecule has 0 atom stereocenters. The molecule has 34 heavy (non-hydrogen) atoms. The fourth-order valence-corrected chi connectivity index (χ4v) is 5.72. The molecular formula is C24H32N4O5S. The average Bonchev–Trinajstić information content (AvgIpc) is 2.85. The number of ether oxygens (including phenoxy) is 2. The van der Waals surface area contributed by atoms with Crippen molar-refractivity contribution in [1.29, 1.82) is 0 Å². The van der Waals surface area contributed by atoms with Crippen molar-refractivity contribution in [3.8, 4) is 5.75 Å².